The molecule has 0 spiro atoms. The monoisotopic (exact) mass is 215 g/mol. The molecule has 0 aliphatic heterocycles. The maximum Gasteiger partial charge on any atom is 0.242 e. The molecule has 0 aromatic carbocycles. The van der Waals surface area contributed by atoms with Gasteiger partial charge in [0.05, 0.1) is 5.69 Å². The lowest BCUT2D eigenvalue weighted by Gasteiger charge is -2.00. The first kappa shape index (κ1) is 10.6. The molecule has 0 fully saturated rings. The molecule has 0 aliphatic rings. The van der Waals surface area contributed by atoms with Crippen LogP contribution in [0.5, 0.6) is 0 Å². The highest BCUT2D eigenvalue weighted by atomic mass is 16.1. The van der Waals surface area contributed by atoms with Crippen molar-refractivity contribution in [2.75, 3.05) is 0 Å². The van der Waals surface area contributed by atoms with Crippen LogP contribution in [0.2, 0.25) is 0 Å². The summed E-state index contributed by atoms with van der Waals surface area (Å²) < 4.78 is 1.83. The highest BCUT2D eigenvalue weighted by molar-refractivity contribution is 5.57. The summed E-state index contributed by atoms with van der Waals surface area (Å²) in [7, 11) is 0. The quantitative estimate of drug-likeness (QED) is 0.571. The van der Waals surface area contributed by atoms with Gasteiger partial charge in [0, 0.05) is 6.20 Å². The number of aromatic nitrogens is 2. The van der Waals surface area contributed by atoms with Crippen molar-refractivity contribution in [3.8, 4) is 0 Å². The average molecular weight is 215 g/mol. The zero-order valence-corrected chi connectivity index (χ0v) is 9.56. The van der Waals surface area contributed by atoms with Crippen LogP contribution in [0.15, 0.2) is 23.3 Å². The minimum absolute atomic E-state index is 0.229. The van der Waals surface area contributed by atoms with Gasteiger partial charge in [-0.3, -0.25) is 4.40 Å². The van der Waals surface area contributed by atoms with Crippen LogP contribution in [0.3, 0.4) is 0 Å². The lowest BCUT2D eigenvalue weighted by molar-refractivity contribution is 0.565. The van der Waals surface area contributed by atoms with Crippen LogP contribution in [-0.4, -0.2) is 15.5 Å². The highest BCUT2D eigenvalue weighted by Crippen LogP contribution is 2.27. The number of isocyanates is 1. The Hall–Kier alpha value is -1.93. The summed E-state index contributed by atoms with van der Waals surface area (Å²) in [4.78, 5) is 18.7. The Morgan fingerprint density at radius 2 is 2.19 bits per heavy atom. The van der Waals surface area contributed by atoms with Gasteiger partial charge in [0.25, 0.3) is 0 Å². The summed E-state index contributed by atoms with van der Waals surface area (Å²) >= 11 is 0. The molecule has 0 radical (unpaired) electrons. The lowest BCUT2D eigenvalue weighted by Crippen LogP contribution is -1.88. The average Bonchev–Trinajstić information content (AvgIpc) is 2.58. The topological polar surface area (TPSA) is 46.7 Å². The smallest absolute Gasteiger partial charge is 0.242 e. The molecule has 0 aliphatic carbocycles. The van der Waals surface area contributed by atoms with Gasteiger partial charge in [0.15, 0.2) is 5.82 Å². The largest absolute Gasteiger partial charge is 0.283 e. The summed E-state index contributed by atoms with van der Waals surface area (Å²) in [5, 5.41) is 0. The standard InChI is InChI=1S/C12H13N3O/c1-8(2)11-12(13-7-16)15-6-9(3)4-5-10(15)14-11/h4-6,8H,1-3H3. The summed E-state index contributed by atoms with van der Waals surface area (Å²) in [6, 6.07) is 3.91. The minimum Gasteiger partial charge on any atom is -0.283 e. The maximum absolute atomic E-state index is 10.4. The van der Waals surface area contributed by atoms with Crippen LogP contribution in [0.25, 0.3) is 5.65 Å². The van der Waals surface area contributed by atoms with Gasteiger partial charge in [-0.05, 0) is 24.5 Å². The van der Waals surface area contributed by atoms with Gasteiger partial charge < -0.3 is 0 Å². The molecule has 2 aromatic heterocycles. The van der Waals surface area contributed by atoms with Crippen molar-refractivity contribution in [3.05, 3.63) is 29.6 Å². The van der Waals surface area contributed by atoms with Crippen LogP contribution >= 0.6 is 0 Å². The zero-order valence-electron chi connectivity index (χ0n) is 9.56. The molecule has 82 valence electrons. The molecule has 0 amide bonds. The van der Waals surface area contributed by atoms with E-state index in [0.29, 0.717) is 5.82 Å². The van der Waals surface area contributed by atoms with Crippen molar-refractivity contribution in [2.45, 2.75) is 26.7 Å². The van der Waals surface area contributed by atoms with Crippen LogP contribution < -0.4 is 0 Å². The molecule has 0 saturated carbocycles. The predicted octanol–water partition coefficient (Wildman–Crippen LogP) is 2.73. The number of rotatable bonds is 2. The number of hydrogen-bond donors (Lipinski definition) is 0. The third kappa shape index (κ3) is 1.64. The fraction of sp³-hybridized carbons (Fsp3) is 0.333. The first-order chi connectivity index (χ1) is 7.63. The second-order valence-electron chi connectivity index (χ2n) is 4.11. The van der Waals surface area contributed by atoms with Gasteiger partial charge in [-0.25, -0.2) is 9.78 Å². The molecular formula is C12H13N3O. The van der Waals surface area contributed by atoms with Gasteiger partial charge in [-0.2, -0.15) is 0 Å². The Kier molecular flexibility index (Phi) is 2.59. The summed E-state index contributed by atoms with van der Waals surface area (Å²) in [5.74, 6) is 0.816. The number of imidazole rings is 1. The maximum atomic E-state index is 10.4. The predicted molar refractivity (Wildman–Crippen MR) is 61.8 cm³/mol. The van der Waals surface area contributed by atoms with E-state index in [1.165, 1.54) is 0 Å². The van der Waals surface area contributed by atoms with Gasteiger partial charge in [0.1, 0.15) is 5.65 Å². The lowest BCUT2D eigenvalue weighted by atomic mass is 10.1. The molecule has 16 heavy (non-hydrogen) atoms. The number of carbonyl (C=O) groups excluding carboxylic acids is 1. The molecule has 2 aromatic rings. The van der Waals surface area contributed by atoms with Crippen LogP contribution in [0.1, 0.15) is 31.0 Å². The van der Waals surface area contributed by atoms with Crippen LogP contribution in [-0.2, 0) is 4.79 Å². The van der Waals surface area contributed by atoms with Gasteiger partial charge in [0.2, 0.25) is 6.08 Å². The molecule has 2 rings (SSSR count). The number of nitrogens with zero attached hydrogens (tertiary/aromatic N) is 3. The molecule has 0 atom stereocenters. The second kappa shape index (κ2) is 3.91. The van der Waals surface area contributed by atoms with Gasteiger partial charge >= 0.3 is 0 Å². The van der Waals surface area contributed by atoms with E-state index in [9.17, 15) is 4.79 Å². The molecule has 0 saturated heterocycles. The molecule has 0 N–H and O–H groups in total. The van der Waals surface area contributed by atoms with E-state index in [2.05, 4.69) is 9.98 Å². The summed E-state index contributed by atoms with van der Waals surface area (Å²) in [5.41, 5.74) is 2.74. The number of fused-ring (bicyclic) bond motifs is 1. The highest BCUT2D eigenvalue weighted by Gasteiger charge is 2.14. The third-order valence-corrected chi connectivity index (χ3v) is 2.47. The van der Waals surface area contributed by atoms with Crippen molar-refractivity contribution in [2.24, 2.45) is 4.99 Å². The first-order valence-corrected chi connectivity index (χ1v) is 5.20. The zero-order chi connectivity index (χ0) is 11.7. The number of aliphatic imine (C=N–C) groups is 1. The molecular weight excluding hydrogens is 202 g/mol. The van der Waals surface area contributed by atoms with E-state index >= 15 is 0 Å². The molecule has 4 heteroatoms. The van der Waals surface area contributed by atoms with Crippen molar-refractivity contribution >= 4 is 17.5 Å². The molecule has 0 bridgehead atoms. The third-order valence-electron chi connectivity index (χ3n) is 2.47. The first-order valence-electron chi connectivity index (χ1n) is 5.20. The van der Waals surface area contributed by atoms with Crippen molar-refractivity contribution in [3.63, 3.8) is 0 Å². The van der Waals surface area contributed by atoms with Crippen molar-refractivity contribution < 1.29 is 4.79 Å². The Balaban J connectivity index is 2.82. The number of hydrogen-bond acceptors (Lipinski definition) is 3. The van der Waals surface area contributed by atoms with Crippen LogP contribution in [0, 0.1) is 6.92 Å². The second-order valence-corrected chi connectivity index (χ2v) is 4.11. The minimum atomic E-state index is 0.229. The SMILES string of the molecule is Cc1ccc2nc(C(C)C)c(N=C=O)n2c1. The Bertz CT molecular complexity index is 577. The van der Waals surface area contributed by atoms with E-state index in [-0.39, 0.29) is 5.92 Å². The van der Waals surface area contributed by atoms with Crippen LogP contribution in [0.4, 0.5) is 5.82 Å². The molecule has 4 nitrogen and oxygen atoms in total. The number of pyridine rings is 1. The summed E-state index contributed by atoms with van der Waals surface area (Å²) in [6.07, 6.45) is 3.51. The van der Waals surface area contributed by atoms with Gasteiger partial charge in [-0.1, -0.05) is 19.9 Å². The molecule has 0 unspecified atom stereocenters. The van der Waals surface area contributed by atoms with Crippen molar-refractivity contribution in [1.82, 2.24) is 9.38 Å². The Labute approximate surface area is 93.7 Å². The summed E-state index contributed by atoms with van der Waals surface area (Å²) in [6.45, 7) is 6.04. The fourth-order valence-corrected chi connectivity index (χ4v) is 1.70. The van der Waals surface area contributed by atoms with E-state index in [1.54, 1.807) is 6.08 Å². The number of aryl methyl sites for hydroxylation is 1. The van der Waals surface area contributed by atoms with E-state index in [0.717, 1.165) is 16.9 Å². The normalized spacial score (nSPS) is 10.8. The fourth-order valence-electron chi connectivity index (χ4n) is 1.70. The van der Waals surface area contributed by atoms with E-state index in [1.807, 2.05) is 43.5 Å². The van der Waals surface area contributed by atoms with Gasteiger partial charge in [-0.15, -0.1) is 4.99 Å². The van der Waals surface area contributed by atoms with E-state index in [4.69, 9.17) is 0 Å². The molecule has 2 heterocycles. The van der Waals surface area contributed by atoms with Crippen molar-refractivity contribution in [1.29, 1.82) is 0 Å². The Morgan fingerprint density at radius 3 is 2.81 bits per heavy atom. The Morgan fingerprint density at radius 1 is 1.44 bits per heavy atom. The van der Waals surface area contributed by atoms with E-state index < -0.39 is 0 Å².